The number of Topliss-reactive ketones (excluding diaryl/α,β-unsaturated/α-hetero) is 1. The molecule has 0 aliphatic carbocycles. The maximum Gasteiger partial charge on any atom is 0.417 e. The Morgan fingerprint density at radius 1 is 1.38 bits per heavy atom. The van der Waals surface area contributed by atoms with Gasteiger partial charge in [0.15, 0.2) is 5.78 Å². The second-order valence-electron chi connectivity index (χ2n) is 2.84. The summed E-state index contributed by atoms with van der Waals surface area (Å²) >= 11 is 13.7. The molecule has 0 bridgehead atoms. The van der Waals surface area contributed by atoms with Crippen LogP contribution in [0.2, 0.25) is 5.02 Å². The van der Waals surface area contributed by atoms with Gasteiger partial charge in [-0.1, -0.05) is 11.6 Å². The van der Waals surface area contributed by atoms with Crippen molar-refractivity contribution in [2.75, 3.05) is 5.88 Å². The fourth-order valence-corrected chi connectivity index (χ4v) is 2.04. The molecule has 0 atom stereocenters. The number of carbonyl (C=O) groups excluding carboxylic acids is 1. The summed E-state index contributed by atoms with van der Waals surface area (Å²) in [7, 11) is 0. The zero-order chi connectivity index (χ0) is 12.5. The molecular formula is C9H4BrCl2F3O. The van der Waals surface area contributed by atoms with E-state index in [-0.39, 0.29) is 15.9 Å². The number of rotatable bonds is 2. The van der Waals surface area contributed by atoms with Crippen LogP contribution in [-0.4, -0.2) is 11.7 Å². The Bertz CT molecular complexity index is 431. The summed E-state index contributed by atoms with van der Waals surface area (Å²) in [6.45, 7) is 0. The second kappa shape index (κ2) is 4.94. The molecule has 0 unspecified atom stereocenters. The molecule has 0 spiro atoms. The molecule has 0 saturated carbocycles. The maximum absolute atomic E-state index is 12.4. The van der Waals surface area contributed by atoms with Gasteiger partial charge in [-0.05, 0) is 28.1 Å². The van der Waals surface area contributed by atoms with Gasteiger partial charge in [0.2, 0.25) is 0 Å². The fourth-order valence-electron chi connectivity index (χ4n) is 1.06. The first-order chi connectivity index (χ1) is 7.29. The van der Waals surface area contributed by atoms with Gasteiger partial charge in [-0.2, -0.15) is 13.2 Å². The predicted octanol–water partition coefficient (Wildman–Crippen LogP) is 4.54. The molecule has 0 radical (unpaired) electrons. The SMILES string of the molecule is O=C(CCl)c1ccc(C(F)(F)F)c(Cl)c1Br. The van der Waals surface area contributed by atoms with Gasteiger partial charge >= 0.3 is 6.18 Å². The Kier molecular flexibility index (Phi) is 4.26. The zero-order valence-electron chi connectivity index (χ0n) is 7.54. The van der Waals surface area contributed by atoms with E-state index in [0.29, 0.717) is 0 Å². The Morgan fingerprint density at radius 2 is 1.94 bits per heavy atom. The Hall–Kier alpha value is -0.260. The van der Waals surface area contributed by atoms with Crippen LogP contribution in [0.5, 0.6) is 0 Å². The molecule has 0 heterocycles. The summed E-state index contributed by atoms with van der Waals surface area (Å²) in [5.74, 6) is -0.815. The molecule has 16 heavy (non-hydrogen) atoms. The standard InChI is InChI=1S/C9H4BrCl2F3O/c10-7-4(6(16)3-11)1-2-5(8(7)12)9(13,14)15/h1-2H,3H2. The molecule has 1 nitrogen and oxygen atoms in total. The van der Waals surface area contributed by atoms with Crippen molar-refractivity contribution in [1.82, 2.24) is 0 Å². The van der Waals surface area contributed by atoms with E-state index < -0.39 is 22.5 Å². The largest absolute Gasteiger partial charge is 0.417 e. The molecule has 1 aromatic carbocycles. The third-order valence-corrected chi connectivity index (χ3v) is 3.50. The number of carbonyl (C=O) groups is 1. The monoisotopic (exact) mass is 334 g/mol. The van der Waals surface area contributed by atoms with Gasteiger partial charge in [-0.3, -0.25) is 4.79 Å². The maximum atomic E-state index is 12.4. The molecule has 0 fully saturated rings. The van der Waals surface area contributed by atoms with Crippen LogP contribution in [-0.2, 0) is 6.18 Å². The lowest BCUT2D eigenvalue weighted by molar-refractivity contribution is -0.137. The second-order valence-corrected chi connectivity index (χ2v) is 4.28. The third kappa shape index (κ3) is 2.70. The predicted molar refractivity (Wildman–Crippen MR) is 59.2 cm³/mol. The number of halogens is 6. The molecule has 0 aliphatic heterocycles. The van der Waals surface area contributed by atoms with Crippen molar-refractivity contribution in [1.29, 1.82) is 0 Å². The Morgan fingerprint density at radius 3 is 2.38 bits per heavy atom. The average molecular weight is 336 g/mol. The highest BCUT2D eigenvalue weighted by Crippen LogP contribution is 2.39. The molecule has 1 aromatic rings. The van der Waals surface area contributed by atoms with Crippen LogP contribution in [0.1, 0.15) is 15.9 Å². The quantitative estimate of drug-likeness (QED) is 0.572. The third-order valence-electron chi connectivity index (χ3n) is 1.81. The highest BCUT2D eigenvalue weighted by atomic mass is 79.9. The molecule has 7 heteroatoms. The number of benzene rings is 1. The van der Waals surface area contributed by atoms with Gasteiger partial charge in [0, 0.05) is 10.0 Å². The molecular weight excluding hydrogens is 332 g/mol. The van der Waals surface area contributed by atoms with Crippen LogP contribution in [0.15, 0.2) is 16.6 Å². The molecule has 0 amide bonds. The summed E-state index contributed by atoms with van der Waals surface area (Å²) in [5, 5.41) is -0.538. The highest BCUT2D eigenvalue weighted by molar-refractivity contribution is 9.10. The molecule has 1 rings (SSSR count). The van der Waals surface area contributed by atoms with Crippen molar-refractivity contribution in [2.45, 2.75) is 6.18 Å². The summed E-state index contributed by atoms with van der Waals surface area (Å²) < 4.78 is 37.2. The molecule has 88 valence electrons. The van der Waals surface area contributed by atoms with E-state index >= 15 is 0 Å². The minimum absolute atomic E-state index is 0.0352. The normalized spacial score (nSPS) is 11.6. The van der Waals surface area contributed by atoms with E-state index in [9.17, 15) is 18.0 Å². The van der Waals surface area contributed by atoms with Crippen LogP contribution in [0.25, 0.3) is 0 Å². The fraction of sp³-hybridized carbons (Fsp3) is 0.222. The Balaban J connectivity index is 3.35. The van der Waals surface area contributed by atoms with Crippen molar-refractivity contribution >= 4 is 44.9 Å². The number of alkyl halides is 4. The lowest BCUT2D eigenvalue weighted by Gasteiger charge is -2.11. The topological polar surface area (TPSA) is 17.1 Å². The Labute approximate surface area is 108 Å². The van der Waals surface area contributed by atoms with Gasteiger partial charge in [0.05, 0.1) is 16.5 Å². The van der Waals surface area contributed by atoms with Crippen molar-refractivity contribution in [2.24, 2.45) is 0 Å². The first kappa shape index (κ1) is 13.8. The summed E-state index contributed by atoms with van der Waals surface area (Å²) in [5.41, 5.74) is -0.958. The van der Waals surface area contributed by atoms with Crippen LogP contribution in [0.3, 0.4) is 0 Å². The van der Waals surface area contributed by atoms with Crippen LogP contribution >= 0.6 is 39.1 Å². The van der Waals surface area contributed by atoms with Gasteiger partial charge in [-0.15, -0.1) is 11.6 Å². The van der Waals surface area contributed by atoms with Crippen molar-refractivity contribution in [3.05, 3.63) is 32.8 Å². The summed E-state index contributed by atoms with van der Waals surface area (Å²) in [6, 6.07) is 1.80. The van der Waals surface area contributed by atoms with E-state index in [4.69, 9.17) is 23.2 Å². The van der Waals surface area contributed by atoms with E-state index in [1.165, 1.54) is 0 Å². The lowest BCUT2D eigenvalue weighted by atomic mass is 10.1. The molecule has 0 aromatic heterocycles. The number of hydrogen-bond donors (Lipinski definition) is 0. The smallest absolute Gasteiger partial charge is 0.293 e. The van der Waals surface area contributed by atoms with Crippen LogP contribution in [0, 0.1) is 0 Å². The van der Waals surface area contributed by atoms with Gasteiger partial charge < -0.3 is 0 Å². The van der Waals surface area contributed by atoms with Crippen LogP contribution in [0.4, 0.5) is 13.2 Å². The van der Waals surface area contributed by atoms with E-state index in [1.807, 2.05) is 0 Å². The highest BCUT2D eigenvalue weighted by Gasteiger charge is 2.34. The van der Waals surface area contributed by atoms with Gasteiger partial charge in [0.1, 0.15) is 0 Å². The minimum atomic E-state index is -4.55. The summed E-state index contributed by atoms with van der Waals surface area (Å²) in [6.07, 6.45) is -4.55. The van der Waals surface area contributed by atoms with Crippen molar-refractivity contribution in [3.63, 3.8) is 0 Å². The average Bonchev–Trinajstić information content (AvgIpc) is 2.19. The van der Waals surface area contributed by atoms with Crippen molar-refractivity contribution in [3.8, 4) is 0 Å². The summed E-state index contributed by atoms with van der Waals surface area (Å²) in [4.78, 5) is 11.2. The zero-order valence-corrected chi connectivity index (χ0v) is 10.6. The van der Waals surface area contributed by atoms with Gasteiger partial charge in [0.25, 0.3) is 0 Å². The minimum Gasteiger partial charge on any atom is -0.293 e. The van der Waals surface area contributed by atoms with Crippen molar-refractivity contribution < 1.29 is 18.0 Å². The van der Waals surface area contributed by atoms with Gasteiger partial charge in [-0.25, -0.2) is 0 Å². The molecule has 0 saturated heterocycles. The lowest BCUT2D eigenvalue weighted by Crippen LogP contribution is -2.09. The first-order valence-electron chi connectivity index (χ1n) is 3.93. The molecule has 0 aliphatic rings. The number of ketones is 1. The van der Waals surface area contributed by atoms with E-state index in [2.05, 4.69) is 15.9 Å². The van der Waals surface area contributed by atoms with Crippen LogP contribution < -0.4 is 0 Å². The molecule has 0 N–H and O–H groups in total. The number of hydrogen-bond acceptors (Lipinski definition) is 1. The van der Waals surface area contributed by atoms with E-state index in [0.717, 1.165) is 12.1 Å². The first-order valence-corrected chi connectivity index (χ1v) is 5.64. The van der Waals surface area contributed by atoms with E-state index in [1.54, 1.807) is 0 Å².